The number of hydrogen-bond donors (Lipinski definition) is 1. The van der Waals surface area contributed by atoms with Gasteiger partial charge in [-0.05, 0) is 58.4 Å². The minimum Gasteiger partial charge on any atom is -0.468 e. The average molecular weight is 270 g/mol. The van der Waals surface area contributed by atoms with Crippen LogP contribution in [0.3, 0.4) is 0 Å². The van der Waals surface area contributed by atoms with Crippen LogP contribution < -0.4 is 5.73 Å². The third-order valence-electron chi connectivity index (χ3n) is 4.29. The average Bonchev–Trinajstić information content (AvgIpc) is 2.37. The topological polar surface area (TPSA) is 55.6 Å². The SMILES string of the molecule is COC(=O)C(C)(N)CCCCN1CC(C)CCC1C. The lowest BCUT2D eigenvalue weighted by atomic mass is 9.93. The van der Waals surface area contributed by atoms with Gasteiger partial charge in [-0.1, -0.05) is 6.92 Å². The van der Waals surface area contributed by atoms with Crippen molar-refractivity contribution in [1.82, 2.24) is 4.90 Å². The number of nitrogens with zero attached hydrogens (tertiary/aromatic N) is 1. The molecule has 3 atom stereocenters. The number of esters is 1. The number of carbonyl (C=O) groups is 1. The van der Waals surface area contributed by atoms with Gasteiger partial charge in [0.1, 0.15) is 5.54 Å². The van der Waals surface area contributed by atoms with Gasteiger partial charge in [-0.2, -0.15) is 0 Å². The van der Waals surface area contributed by atoms with E-state index in [1.807, 2.05) is 0 Å². The van der Waals surface area contributed by atoms with Gasteiger partial charge in [0.15, 0.2) is 0 Å². The summed E-state index contributed by atoms with van der Waals surface area (Å²) in [7, 11) is 1.39. The van der Waals surface area contributed by atoms with Gasteiger partial charge in [-0.25, -0.2) is 0 Å². The smallest absolute Gasteiger partial charge is 0.325 e. The van der Waals surface area contributed by atoms with E-state index in [0.29, 0.717) is 12.5 Å². The zero-order chi connectivity index (χ0) is 14.5. The van der Waals surface area contributed by atoms with Crippen molar-refractivity contribution in [2.45, 2.75) is 64.5 Å². The summed E-state index contributed by atoms with van der Waals surface area (Å²) in [4.78, 5) is 14.0. The molecule has 0 radical (unpaired) electrons. The van der Waals surface area contributed by atoms with Gasteiger partial charge < -0.3 is 15.4 Å². The first-order valence-corrected chi connectivity index (χ1v) is 7.48. The van der Waals surface area contributed by atoms with E-state index in [0.717, 1.165) is 25.3 Å². The fraction of sp³-hybridized carbons (Fsp3) is 0.933. The van der Waals surface area contributed by atoms with Gasteiger partial charge in [0, 0.05) is 12.6 Å². The van der Waals surface area contributed by atoms with E-state index < -0.39 is 5.54 Å². The number of nitrogens with two attached hydrogens (primary N) is 1. The molecule has 0 aromatic rings. The minimum atomic E-state index is -0.838. The number of likely N-dealkylation sites (tertiary alicyclic amines) is 1. The first kappa shape index (κ1) is 16.4. The van der Waals surface area contributed by atoms with Gasteiger partial charge in [0.05, 0.1) is 7.11 Å². The van der Waals surface area contributed by atoms with Crippen molar-refractivity contribution in [1.29, 1.82) is 0 Å². The van der Waals surface area contributed by atoms with Crippen LogP contribution in [0, 0.1) is 5.92 Å². The molecule has 19 heavy (non-hydrogen) atoms. The Labute approximate surface area is 117 Å². The predicted octanol–water partition coefficient (Wildman–Crippen LogP) is 2.17. The highest BCUT2D eigenvalue weighted by Gasteiger charge is 2.29. The summed E-state index contributed by atoms with van der Waals surface area (Å²) < 4.78 is 4.72. The standard InChI is InChI=1S/C15H30N2O2/c1-12-7-8-13(2)17(11-12)10-6-5-9-15(3,16)14(18)19-4/h12-13H,5-11,16H2,1-4H3. The molecule has 0 amide bonds. The van der Waals surface area contributed by atoms with Crippen LogP contribution in [0.2, 0.25) is 0 Å². The lowest BCUT2D eigenvalue weighted by Gasteiger charge is -2.37. The molecule has 0 saturated carbocycles. The Morgan fingerprint density at radius 2 is 2.05 bits per heavy atom. The van der Waals surface area contributed by atoms with Crippen LogP contribution in [0.25, 0.3) is 0 Å². The zero-order valence-electron chi connectivity index (χ0n) is 12.9. The molecule has 1 heterocycles. The van der Waals surface area contributed by atoms with Crippen LogP contribution in [0.5, 0.6) is 0 Å². The van der Waals surface area contributed by atoms with Crippen LogP contribution >= 0.6 is 0 Å². The molecule has 1 aliphatic heterocycles. The second-order valence-corrected chi connectivity index (χ2v) is 6.39. The molecule has 0 spiro atoms. The van der Waals surface area contributed by atoms with Crippen LogP contribution in [0.4, 0.5) is 0 Å². The number of unbranched alkanes of at least 4 members (excludes halogenated alkanes) is 1. The van der Waals surface area contributed by atoms with E-state index >= 15 is 0 Å². The van der Waals surface area contributed by atoms with Crippen LogP contribution in [0.1, 0.15) is 52.9 Å². The van der Waals surface area contributed by atoms with Crippen molar-refractivity contribution in [2.75, 3.05) is 20.2 Å². The highest BCUT2D eigenvalue weighted by atomic mass is 16.5. The molecule has 1 rings (SSSR count). The maximum absolute atomic E-state index is 11.5. The van der Waals surface area contributed by atoms with Crippen molar-refractivity contribution < 1.29 is 9.53 Å². The van der Waals surface area contributed by atoms with E-state index in [4.69, 9.17) is 10.5 Å². The van der Waals surface area contributed by atoms with E-state index in [1.165, 1.54) is 26.5 Å². The maximum atomic E-state index is 11.5. The first-order valence-electron chi connectivity index (χ1n) is 7.48. The number of piperidine rings is 1. The number of ether oxygens (including phenoxy) is 1. The van der Waals surface area contributed by atoms with Crippen molar-refractivity contribution >= 4 is 5.97 Å². The lowest BCUT2D eigenvalue weighted by molar-refractivity contribution is -0.146. The van der Waals surface area contributed by atoms with E-state index in [9.17, 15) is 4.79 Å². The fourth-order valence-corrected chi connectivity index (χ4v) is 2.83. The molecule has 1 aliphatic rings. The van der Waals surface area contributed by atoms with Gasteiger partial charge in [-0.3, -0.25) is 4.79 Å². The summed E-state index contributed by atoms with van der Waals surface area (Å²) in [6.45, 7) is 8.71. The normalized spacial score (nSPS) is 27.8. The van der Waals surface area contributed by atoms with Crippen LogP contribution in [-0.4, -0.2) is 42.6 Å². The van der Waals surface area contributed by atoms with Gasteiger partial charge in [0.2, 0.25) is 0 Å². The summed E-state index contributed by atoms with van der Waals surface area (Å²) in [5, 5.41) is 0. The Bertz CT molecular complexity index is 292. The fourth-order valence-electron chi connectivity index (χ4n) is 2.83. The third-order valence-corrected chi connectivity index (χ3v) is 4.29. The maximum Gasteiger partial charge on any atom is 0.325 e. The van der Waals surface area contributed by atoms with Crippen LogP contribution in [-0.2, 0) is 9.53 Å². The number of carbonyl (C=O) groups excluding carboxylic acids is 1. The van der Waals surface area contributed by atoms with E-state index in [-0.39, 0.29) is 5.97 Å². The molecule has 0 bridgehead atoms. The number of hydrogen-bond acceptors (Lipinski definition) is 4. The van der Waals surface area contributed by atoms with Crippen molar-refractivity contribution in [2.24, 2.45) is 11.7 Å². The largest absolute Gasteiger partial charge is 0.468 e. The predicted molar refractivity (Wildman–Crippen MR) is 77.9 cm³/mol. The molecule has 112 valence electrons. The molecular formula is C15H30N2O2. The second kappa shape index (κ2) is 7.25. The summed E-state index contributed by atoms with van der Waals surface area (Å²) in [5.74, 6) is 0.499. The monoisotopic (exact) mass is 270 g/mol. The van der Waals surface area contributed by atoms with Crippen molar-refractivity contribution in [3.05, 3.63) is 0 Å². The Morgan fingerprint density at radius 3 is 2.68 bits per heavy atom. The summed E-state index contributed by atoms with van der Waals surface area (Å²) >= 11 is 0. The molecule has 1 saturated heterocycles. The molecule has 0 aliphatic carbocycles. The lowest BCUT2D eigenvalue weighted by Crippen LogP contribution is -2.46. The van der Waals surface area contributed by atoms with E-state index in [1.54, 1.807) is 6.92 Å². The highest BCUT2D eigenvalue weighted by Crippen LogP contribution is 2.22. The van der Waals surface area contributed by atoms with Crippen molar-refractivity contribution in [3.63, 3.8) is 0 Å². The van der Waals surface area contributed by atoms with Gasteiger partial charge >= 0.3 is 5.97 Å². The van der Waals surface area contributed by atoms with Crippen LogP contribution in [0.15, 0.2) is 0 Å². The highest BCUT2D eigenvalue weighted by molar-refractivity contribution is 5.79. The molecule has 1 fully saturated rings. The Hall–Kier alpha value is -0.610. The summed E-state index contributed by atoms with van der Waals surface area (Å²) in [6.07, 6.45) is 5.41. The molecule has 2 N–H and O–H groups in total. The first-order chi connectivity index (χ1) is 8.86. The molecule has 0 aromatic heterocycles. The Kier molecular flexibility index (Phi) is 6.27. The molecule has 4 nitrogen and oxygen atoms in total. The van der Waals surface area contributed by atoms with Gasteiger partial charge in [-0.15, -0.1) is 0 Å². The van der Waals surface area contributed by atoms with Gasteiger partial charge in [0.25, 0.3) is 0 Å². The third kappa shape index (κ3) is 5.11. The molecule has 3 unspecified atom stereocenters. The molecule has 0 aromatic carbocycles. The Balaban J connectivity index is 2.25. The summed E-state index contributed by atoms with van der Waals surface area (Å²) in [6, 6.07) is 0.695. The summed E-state index contributed by atoms with van der Waals surface area (Å²) in [5.41, 5.74) is 5.11. The minimum absolute atomic E-state index is 0.313. The quantitative estimate of drug-likeness (QED) is 0.593. The molecular weight excluding hydrogens is 240 g/mol. The zero-order valence-corrected chi connectivity index (χ0v) is 12.9. The number of rotatable bonds is 6. The van der Waals surface area contributed by atoms with E-state index in [2.05, 4.69) is 18.7 Å². The molecule has 4 heteroatoms. The number of methoxy groups -OCH3 is 1. The van der Waals surface area contributed by atoms with Crippen molar-refractivity contribution in [3.8, 4) is 0 Å². The second-order valence-electron chi connectivity index (χ2n) is 6.39. The Morgan fingerprint density at radius 1 is 1.37 bits per heavy atom.